The molecule has 3 atom stereocenters. The summed E-state index contributed by atoms with van der Waals surface area (Å²) in [5, 5.41) is 3.47. The molecule has 4 heteroatoms. The Morgan fingerprint density at radius 3 is 2.67 bits per heavy atom. The van der Waals surface area contributed by atoms with Crippen LogP contribution in [0.4, 0.5) is 0 Å². The van der Waals surface area contributed by atoms with Crippen LogP contribution in [0.25, 0.3) is 0 Å². The van der Waals surface area contributed by atoms with Crippen molar-refractivity contribution in [1.82, 2.24) is 10.2 Å². The molecule has 1 fully saturated rings. The van der Waals surface area contributed by atoms with E-state index in [9.17, 15) is 4.79 Å². The predicted octanol–water partition coefficient (Wildman–Crippen LogP) is 2.82. The number of rotatable bonds is 9. The van der Waals surface area contributed by atoms with Crippen LogP contribution in [-0.4, -0.2) is 49.2 Å². The molecule has 21 heavy (non-hydrogen) atoms. The molecule has 1 aliphatic rings. The van der Waals surface area contributed by atoms with E-state index in [-0.39, 0.29) is 5.97 Å². The van der Waals surface area contributed by atoms with Crippen molar-refractivity contribution in [2.45, 2.75) is 71.4 Å². The fourth-order valence-corrected chi connectivity index (χ4v) is 3.37. The topological polar surface area (TPSA) is 41.6 Å². The third kappa shape index (κ3) is 4.68. The Balaban J connectivity index is 2.74. The zero-order valence-corrected chi connectivity index (χ0v) is 14.6. The Hall–Kier alpha value is -0.610. The van der Waals surface area contributed by atoms with E-state index >= 15 is 0 Å². The van der Waals surface area contributed by atoms with Crippen molar-refractivity contribution >= 4 is 5.97 Å². The van der Waals surface area contributed by atoms with Gasteiger partial charge >= 0.3 is 5.97 Å². The van der Waals surface area contributed by atoms with Gasteiger partial charge in [0.1, 0.15) is 5.54 Å². The van der Waals surface area contributed by atoms with Crippen molar-refractivity contribution < 1.29 is 9.53 Å². The van der Waals surface area contributed by atoms with Gasteiger partial charge in [0.15, 0.2) is 0 Å². The van der Waals surface area contributed by atoms with Crippen molar-refractivity contribution in [3.05, 3.63) is 0 Å². The molecule has 1 rings (SSSR count). The Bertz CT molecular complexity index is 322. The van der Waals surface area contributed by atoms with Crippen LogP contribution in [0.15, 0.2) is 0 Å². The summed E-state index contributed by atoms with van der Waals surface area (Å²) < 4.78 is 5.08. The predicted molar refractivity (Wildman–Crippen MR) is 87.4 cm³/mol. The number of hydrogen-bond acceptors (Lipinski definition) is 4. The van der Waals surface area contributed by atoms with Crippen molar-refractivity contribution in [3.8, 4) is 0 Å². The number of esters is 1. The minimum atomic E-state index is -0.460. The Kier molecular flexibility index (Phi) is 7.67. The minimum absolute atomic E-state index is 0.0851. The number of ether oxygens (including phenoxy) is 1. The van der Waals surface area contributed by atoms with Crippen molar-refractivity contribution in [3.63, 3.8) is 0 Å². The van der Waals surface area contributed by atoms with Crippen LogP contribution in [0, 0.1) is 5.92 Å². The van der Waals surface area contributed by atoms with Crippen LogP contribution in [0.1, 0.15) is 59.8 Å². The van der Waals surface area contributed by atoms with Crippen LogP contribution >= 0.6 is 0 Å². The first kappa shape index (κ1) is 18.4. The lowest BCUT2D eigenvalue weighted by molar-refractivity contribution is -0.148. The van der Waals surface area contributed by atoms with Crippen molar-refractivity contribution in [2.24, 2.45) is 5.92 Å². The molecule has 3 unspecified atom stereocenters. The molecule has 0 aromatic carbocycles. The number of nitrogens with one attached hydrogen (secondary N) is 1. The van der Waals surface area contributed by atoms with Gasteiger partial charge in [-0.3, -0.25) is 4.79 Å². The summed E-state index contributed by atoms with van der Waals surface area (Å²) in [5.74, 6) is 0.625. The molecule has 0 saturated heterocycles. The maximum absolute atomic E-state index is 12.3. The molecule has 0 radical (unpaired) electrons. The maximum Gasteiger partial charge on any atom is 0.326 e. The van der Waals surface area contributed by atoms with Gasteiger partial charge < -0.3 is 15.0 Å². The highest BCUT2D eigenvalue weighted by molar-refractivity contribution is 5.81. The molecule has 0 spiro atoms. The van der Waals surface area contributed by atoms with Gasteiger partial charge in [-0.25, -0.2) is 0 Å². The van der Waals surface area contributed by atoms with Gasteiger partial charge in [0.2, 0.25) is 0 Å². The molecule has 0 bridgehead atoms. The molecule has 0 heterocycles. The van der Waals surface area contributed by atoms with Crippen molar-refractivity contribution in [2.75, 3.05) is 26.7 Å². The summed E-state index contributed by atoms with van der Waals surface area (Å²) in [6.45, 7) is 12.0. The lowest BCUT2D eigenvalue weighted by atomic mass is 9.96. The summed E-state index contributed by atoms with van der Waals surface area (Å²) >= 11 is 0. The maximum atomic E-state index is 12.3. The SMILES string of the molecule is CCCNC1(C(=O)OC)CCC(N(CC)CC(C)CC)C1. The molecule has 1 aliphatic carbocycles. The van der Waals surface area contributed by atoms with E-state index < -0.39 is 5.54 Å². The number of methoxy groups -OCH3 is 1. The second-order valence-corrected chi connectivity index (χ2v) is 6.50. The van der Waals surface area contributed by atoms with E-state index in [1.807, 2.05) is 0 Å². The van der Waals surface area contributed by atoms with Crippen LogP contribution in [0.5, 0.6) is 0 Å². The first-order valence-corrected chi connectivity index (χ1v) is 8.60. The summed E-state index contributed by atoms with van der Waals surface area (Å²) in [5.41, 5.74) is -0.460. The molecule has 1 saturated carbocycles. The summed E-state index contributed by atoms with van der Waals surface area (Å²) in [4.78, 5) is 14.8. The fourth-order valence-electron chi connectivity index (χ4n) is 3.37. The van der Waals surface area contributed by atoms with Crippen LogP contribution in [-0.2, 0) is 9.53 Å². The lowest BCUT2D eigenvalue weighted by Gasteiger charge is -2.32. The fraction of sp³-hybridized carbons (Fsp3) is 0.941. The van der Waals surface area contributed by atoms with E-state index in [4.69, 9.17) is 4.74 Å². The van der Waals surface area contributed by atoms with E-state index in [1.165, 1.54) is 13.5 Å². The third-order valence-corrected chi connectivity index (χ3v) is 4.94. The average Bonchev–Trinajstić information content (AvgIpc) is 2.94. The highest BCUT2D eigenvalue weighted by Crippen LogP contribution is 2.34. The number of hydrogen-bond donors (Lipinski definition) is 1. The molecule has 0 aliphatic heterocycles. The first-order chi connectivity index (χ1) is 10.0. The first-order valence-electron chi connectivity index (χ1n) is 8.60. The lowest BCUT2D eigenvalue weighted by Crippen LogP contribution is -2.52. The van der Waals surface area contributed by atoms with Gasteiger partial charge in [0.25, 0.3) is 0 Å². The van der Waals surface area contributed by atoms with Crippen LogP contribution in [0.3, 0.4) is 0 Å². The van der Waals surface area contributed by atoms with Gasteiger partial charge in [0.05, 0.1) is 7.11 Å². The molecular weight excluding hydrogens is 264 g/mol. The second-order valence-electron chi connectivity index (χ2n) is 6.50. The number of carbonyl (C=O) groups excluding carboxylic acids is 1. The molecule has 1 N–H and O–H groups in total. The molecule has 0 aromatic heterocycles. The largest absolute Gasteiger partial charge is 0.468 e. The smallest absolute Gasteiger partial charge is 0.326 e. The zero-order chi connectivity index (χ0) is 15.9. The standard InChI is InChI=1S/C17H34N2O2/c1-6-11-18-17(16(20)21-5)10-9-15(12-17)19(8-3)13-14(4)7-2/h14-15,18H,6-13H2,1-5H3. The third-order valence-electron chi connectivity index (χ3n) is 4.94. The minimum Gasteiger partial charge on any atom is -0.468 e. The quantitative estimate of drug-likeness (QED) is 0.665. The van der Waals surface area contributed by atoms with Gasteiger partial charge in [0, 0.05) is 12.6 Å². The molecule has 0 aromatic rings. The Labute approximate surface area is 130 Å². The van der Waals surface area contributed by atoms with Gasteiger partial charge in [-0.15, -0.1) is 0 Å². The van der Waals surface area contributed by atoms with Crippen LogP contribution in [0.2, 0.25) is 0 Å². The average molecular weight is 298 g/mol. The number of nitrogens with zero attached hydrogens (tertiary/aromatic N) is 1. The Morgan fingerprint density at radius 2 is 2.14 bits per heavy atom. The monoisotopic (exact) mass is 298 g/mol. The number of carbonyl (C=O) groups is 1. The second kappa shape index (κ2) is 8.74. The van der Waals surface area contributed by atoms with Gasteiger partial charge in [-0.1, -0.05) is 34.1 Å². The van der Waals surface area contributed by atoms with Gasteiger partial charge in [-0.05, 0) is 44.7 Å². The summed E-state index contributed by atoms with van der Waals surface area (Å²) in [6, 6.07) is 0.493. The summed E-state index contributed by atoms with van der Waals surface area (Å²) in [6.07, 6.45) is 5.09. The molecular formula is C17H34N2O2. The van der Waals surface area contributed by atoms with Crippen molar-refractivity contribution in [1.29, 1.82) is 0 Å². The normalized spacial score (nSPS) is 27.0. The van der Waals surface area contributed by atoms with E-state index in [0.29, 0.717) is 12.0 Å². The van der Waals surface area contributed by atoms with Crippen LogP contribution < -0.4 is 5.32 Å². The molecule has 124 valence electrons. The highest BCUT2D eigenvalue weighted by Gasteiger charge is 2.47. The summed E-state index contributed by atoms with van der Waals surface area (Å²) in [7, 11) is 1.50. The van der Waals surface area contributed by atoms with E-state index in [0.717, 1.165) is 45.3 Å². The highest BCUT2D eigenvalue weighted by atomic mass is 16.5. The van der Waals surface area contributed by atoms with E-state index in [2.05, 4.69) is 37.9 Å². The molecule has 0 amide bonds. The van der Waals surface area contributed by atoms with Gasteiger partial charge in [-0.2, -0.15) is 0 Å². The molecule has 4 nitrogen and oxygen atoms in total. The van der Waals surface area contributed by atoms with E-state index in [1.54, 1.807) is 0 Å². The zero-order valence-electron chi connectivity index (χ0n) is 14.6. The Morgan fingerprint density at radius 1 is 1.43 bits per heavy atom.